The smallest absolute Gasteiger partial charge is 0.328 e. The number of esters is 3. The number of methoxy groups -OCH3 is 1. The van der Waals surface area contributed by atoms with E-state index < -0.39 is 71.8 Å². The zero-order valence-electron chi connectivity index (χ0n) is 43.7. The van der Waals surface area contributed by atoms with Crippen molar-refractivity contribution in [2.24, 2.45) is 11.7 Å². The van der Waals surface area contributed by atoms with Crippen LogP contribution in [-0.2, 0) is 42.9 Å². The van der Waals surface area contributed by atoms with Crippen LogP contribution >= 0.6 is 0 Å². The fraction of sp³-hybridized carbons (Fsp3) is 0.811. The number of H-pyrrole nitrogens is 1. The second kappa shape index (κ2) is 35.7. The number of nitrogens with zero attached hydrogens (tertiary/aromatic N) is 3. The van der Waals surface area contributed by atoms with Crippen LogP contribution in [0.4, 0.5) is 5.95 Å². The van der Waals surface area contributed by atoms with Gasteiger partial charge in [-0.1, -0.05) is 182 Å². The first-order valence-electron chi connectivity index (χ1n) is 27.4. The molecule has 17 nitrogen and oxygen atoms in total. The quantitative estimate of drug-likeness (QED) is 0.0277. The Labute approximate surface area is 418 Å². The molecule has 3 rings (SSSR count). The van der Waals surface area contributed by atoms with Gasteiger partial charge in [0.15, 0.2) is 35.7 Å². The van der Waals surface area contributed by atoms with Gasteiger partial charge in [-0.3, -0.25) is 38.8 Å². The van der Waals surface area contributed by atoms with Crippen molar-refractivity contribution in [2.75, 3.05) is 19.0 Å². The van der Waals surface area contributed by atoms with Crippen LogP contribution in [0.2, 0.25) is 0 Å². The molecule has 5 atom stereocenters. The third-order valence-corrected chi connectivity index (χ3v) is 13.2. The van der Waals surface area contributed by atoms with Gasteiger partial charge in [-0.2, -0.15) is 4.98 Å². The number of rotatable bonds is 40. The van der Waals surface area contributed by atoms with E-state index in [0.29, 0.717) is 32.2 Å². The Morgan fingerprint density at radius 2 is 1.17 bits per heavy atom. The number of amides is 2. The summed E-state index contributed by atoms with van der Waals surface area (Å²) in [6.45, 7) is 8.23. The Morgan fingerprint density at radius 3 is 1.63 bits per heavy atom. The molecule has 2 aromatic heterocycles. The summed E-state index contributed by atoms with van der Waals surface area (Å²) in [6, 6.07) is -1.08. The Kier molecular flexibility index (Phi) is 30.5. The summed E-state index contributed by atoms with van der Waals surface area (Å²) in [5.41, 5.74) is 4.90. The molecule has 2 aromatic rings. The lowest BCUT2D eigenvalue weighted by molar-refractivity contribution is -0.169. The standard InChI is InChI=1S/C53H91N7O10/c1-6-8-10-12-14-16-18-20-22-24-26-28-30-35-41(61)68-44-45(50(65)56-40(52(66)67-5)34-32-33-37-54)70-51(60-38-55-43-47(60)57-53(59-49(43)64)58-48(63)39(3)4)46(44)69-42(62)36-31-29-27-25-23-21-19-17-15-13-11-9-7-2/h38-40,44-46,51H,6-37,54H2,1-5H3,(H,56,65)(H2,57,58,59,63,64)/t40-,44+,45-,46+,51+/m0/s1. The summed E-state index contributed by atoms with van der Waals surface area (Å²) in [5, 5.41) is 5.32. The summed E-state index contributed by atoms with van der Waals surface area (Å²) in [6.07, 6.45) is 26.5. The average Bonchev–Trinajstić information content (AvgIpc) is 3.92. The van der Waals surface area contributed by atoms with Crippen molar-refractivity contribution in [3.8, 4) is 0 Å². The van der Waals surface area contributed by atoms with Crippen LogP contribution in [0.15, 0.2) is 11.1 Å². The van der Waals surface area contributed by atoms with Gasteiger partial charge in [0.2, 0.25) is 11.9 Å². The molecule has 5 N–H and O–H groups in total. The van der Waals surface area contributed by atoms with Gasteiger partial charge < -0.3 is 30.0 Å². The van der Waals surface area contributed by atoms with Crippen molar-refractivity contribution in [3.05, 3.63) is 16.7 Å². The highest BCUT2D eigenvalue weighted by Crippen LogP contribution is 2.36. The molecule has 0 saturated carbocycles. The number of ether oxygens (including phenoxy) is 4. The van der Waals surface area contributed by atoms with E-state index in [1.54, 1.807) is 13.8 Å². The van der Waals surface area contributed by atoms with Crippen LogP contribution in [-0.4, -0.2) is 87.2 Å². The maximum absolute atomic E-state index is 14.4. The molecule has 0 aliphatic carbocycles. The molecule has 398 valence electrons. The number of aromatic amines is 1. The zero-order valence-corrected chi connectivity index (χ0v) is 43.7. The second-order valence-electron chi connectivity index (χ2n) is 19.6. The minimum atomic E-state index is -1.59. The Morgan fingerprint density at radius 1 is 0.700 bits per heavy atom. The van der Waals surface area contributed by atoms with Gasteiger partial charge >= 0.3 is 17.9 Å². The molecular formula is C53H91N7O10. The maximum atomic E-state index is 14.4. The molecule has 0 radical (unpaired) electrons. The predicted molar refractivity (Wildman–Crippen MR) is 273 cm³/mol. The number of carbonyl (C=O) groups excluding carboxylic acids is 5. The van der Waals surface area contributed by atoms with Crippen LogP contribution in [0.1, 0.15) is 233 Å². The molecule has 0 spiro atoms. The monoisotopic (exact) mass is 986 g/mol. The lowest BCUT2D eigenvalue weighted by Gasteiger charge is -2.25. The fourth-order valence-electron chi connectivity index (χ4n) is 8.89. The SMILES string of the molecule is CCCCCCCCCCCCCCCC(=O)O[C@@H]1[C@H](OC(=O)CCCCCCCCCCCCCCC)[C@@H](C(=O)N[C@@H](CCCCN)C(=O)OC)O[C@H]1n1cnc2c(=O)[nH]c(NC(=O)C(C)C)nc21. The van der Waals surface area contributed by atoms with Crippen molar-refractivity contribution >= 4 is 46.8 Å². The topological polar surface area (TPSA) is 236 Å². The number of hydrogen-bond acceptors (Lipinski definition) is 13. The molecule has 70 heavy (non-hydrogen) atoms. The van der Waals surface area contributed by atoms with Crippen molar-refractivity contribution in [1.29, 1.82) is 0 Å². The van der Waals surface area contributed by atoms with E-state index in [1.165, 1.54) is 121 Å². The van der Waals surface area contributed by atoms with Gasteiger partial charge in [-0.25, -0.2) is 9.78 Å². The van der Waals surface area contributed by atoms with E-state index >= 15 is 0 Å². The maximum Gasteiger partial charge on any atom is 0.328 e. The number of fused-ring (bicyclic) bond motifs is 1. The number of carbonyl (C=O) groups is 5. The number of imidazole rings is 1. The summed E-state index contributed by atoms with van der Waals surface area (Å²) in [5.74, 6) is -3.66. The van der Waals surface area contributed by atoms with Crippen LogP contribution in [0.3, 0.4) is 0 Å². The van der Waals surface area contributed by atoms with E-state index in [1.807, 2.05) is 0 Å². The molecule has 0 aromatic carbocycles. The summed E-state index contributed by atoms with van der Waals surface area (Å²) in [4.78, 5) is 92.1. The van der Waals surface area contributed by atoms with Gasteiger partial charge in [-0.05, 0) is 38.6 Å². The Hall–Kier alpha value is -4.38. The van der Waals surface area contributed by atoms with Gasteiger partial charge in [0.1, 0.15) is 6.04 Å². The zero-order chi connectivity index (χ0) is 50.9. The number of aromatic nitrogens is 4. The largest absolute Gasteiger partial charge is 0.467 e. The summed E-state index contributed by atoms with van der Waals surface area (Å²) >= 11 is 0. The predicted octanol–water partition coefficient (Wildman–Crippen LogP) is 10.2. The highest BCUT2D eigenvalue weighted by atomic mass is 16.6. The number of nitrogens with one attached hydrogen (secondary N) is 3. The first-order chi connectivity index (χ1) is 33.9. The van der Waals surface area contributed by atoms with E-state index in [-0.39, 0.29) is 36.4 Å². The highest BCUT2D eigenvalue weighted by Gasteiger charge is 2.54. The molecule has 2 amide bonds. The van der Waals surface area contributed by atoms with Gasteiger partial charge in [0.05, 0.1) is 13.4 Å². The van der Waals surface area contributed by atoms with Crippen LogP contribution < -0.4 is 21.9 Å². The lowest BCUT2D eigenvalue weighted by Crippen LogP contribution is -2.51. The van der Waals surface area contributed by atoms with Crippen LogP contribution in [0, 0.1) is 5.92 Å². The lowest BCUT2D eigenvalue weighted by atomic mass is 10.0. The summed E-state index contributed by atoms with van der Waals surface area (Å²) in [7, 11) is 1.22. The number of nitrogens with two attached hydrogens (primary N) is 1. The van der Waals surface area contributed by atoms with Crippen molar-refractivity contribution < 1.29 is 42.9 Å². The Bertz CT molecular complexity index is 1870. The molecule has 17 heteroatoms. The molecule has 3 heterocycles. The van der Waals surface area contributed by atoms with Crippen molar-refractivity contribution in [2.45, 2.75) is 257 Å². The van der Waals surface area contributed by atoms with Crippen molar-refractivity contribution in [3.63, 3.8) is 0 Å². The average molecular weight is 986 g/mol. The molecule has 1 aliphatic rings. The van der Waals surface area contributed by atoms with Crippen LogP contribution in [0.5, 0.6) is 0 Å². The van der Waals surface area contributed by atoms with Gasteiger partial charge in [-0.15, -0.1) is 0 Å². The van der Waals surface area contributed by atoms with E-state index in [2.05, 4.69) is 39.4 Å². The van der Waals surface area contributed by atoms with E-state index in [9.17, 15) is 28.8 Å². The molecule has 0 bridgehead atoms. The van der Waals surface area contributed by atoms with Crippen molar-refractivity contribution in [1.82, 2.24) is 24.8 Å². The Balaban J connectivity index is 1.82. The first-order valence-corrected chi connectivity index (χ1v) is 27.4. The minimum Gasteiger partial charge on any atom is -0.467 e. The van der Waals surface area contributed by atoms with Gasteiger partial charge in [0.25, 0.3) is 11.5 Å². The second-order valence-corrected chi connectivity index (χ2v) is 19.6. The minimum absolute atomic E-state index is 0.0438. The number of anilines is 1. The fourth-order valence-corrected chi connectivity index (χ4v) is 8.89. The first kappa shape index (κ1) is 59.9. The third kappa shape index (κ3) is 22.4. The molecular weight excluding hydrogens is 895 g/mol. The van der Waals surface area contributed by atoms with E-state index in [0.717, 1.165) is 51.4 Å². The molecule has 0 unspecified atom stereocenters. The van der Waals surface area contributed by atoms with E-state index in [4.69, 9.17) is 24.7 Å². The molecule has 1 fully saturated rings. The molecule has 1 saturated heterocycles. The number of unbranched alkanes of at least 4 members (excludes halogenated alkanes) is 25. The van der Waals surface area contributed by atoms with Crippen LogP contribution in [0.25, 0.3) is 11.2 Å². The summed E-state index contributed by atoms with van der Waals surface area (Å²) < 4.78 is 25.1. The normalized spacial score (nSPS) is 17.2. The highest BCUT2D eigenvalue weighted by molar-refractivity contribution is 5.91. The number of hydrogen-bond donors (Lipinski definition) is 4. The van der Waals surface area contributed by atoms with Gasteiger partial charge in [0, 0.05) is 18.8 Å². The third-order valence-electron chi connectivity index (χ3n) is 13.2. The molecule has 1 aliphatic heterocycles.